The maximum absolute atomic E-state index is 13.6. The fourth-order valence-electron chi connectivity index (χ4n) is 2.50. The van der Waals surface area contributed by atoms with Crippen LogP contribution in [0.2, 0.25) is 5.02 Å². The van der Waals surface area contributed by atoms with Crippen LogP contribution in [0, 0.1) is 17.1 Å². The fraction of sp³-hybridized carbons (Fsp3) is 0.167. The van der Waals surface area contributed by atoms with Crippen LogP contribution >= 0.6 is 42.1 Å². The van der Waals surface area contributed by atoms with E-state index >= 15 is 0 Å². The van der Waals surface area contributed by atoms with E-state index in [2.05, 4.69) is 0 Å². The minimum absolute atomic E-state index is 0.145. The molecule has 3 rings (SSSR count). The topological polar surface area (TPSA) is 126 Å². The Balaban J connectivity index is 1.76. The summed E-state index contributed by atoms with van der Waals surface area (Å²) in [5.41, 5.74) is -0.273. The van der Waals surface area contributed by atoms with Gasteiger partial charge in [-0.1, -0.05) is 11.6 Å². The monoisotopic (exact) mass is 538 g/mol. The third-order valence-corrected chi connectivity index (χ3v) is 8.73. The molecule has 0 saturated heterocycles. The Hall–Kier alpha value is -1.90. The number of benzene rings is 2. The number of nitrogens with one attached hydrogen (secondary N) is 1. The molecule has 1 atom stereocenters. The predicted octanol–water partition coefficient (Wildman–Crippen LogP) is 4.68. The smallest absolute Gasteiger partial charge is 0.391 e. The van der Waals surface area contributed by atoms with E-state index in [0.717, 1.165) is 29.5 Å². The first-order valence-electron chi connectivity index (χ1n) is 8.68. The fourth-order valence-corrected chi connectivity index (χ4v) is 6.85. The van der Waals surface area contributed by atoms with E-state index in [1.54, 1.807) is 18.2 Å². The van der Waals surface area contributed by atoms with Crippen molar-refractivity contribution in [3.8, 4) is 17.6 Å². The maximum atomic E-state index is 13.6. The van der Waals surface area contributed by atoms with Gasteiger partial charge < -0.3 is 14.2 Å². The Bertz CT molecular complexity index is 1360. The average Bonchev–Trinajstić information content (AvgIpc) is 3.18. The molecule has 0 spiro atoms. The zero-order chi connectivity index (χ0) is 23.5. The minimum Gasteiger partial charge on any atom is -0.491 e. The molecule has 0 aliphatic carbocycles. The molecule has 1 unspecified atom stereocenters. The van der Waals surface area contributed by atoms with Crippen molar-refractivity contribution in [3.05, 3.63) is 52.8 Å². The van der Waals surface area contributed by atoms with E-state index < -0.39 is 29.7 Å². The molecule has 0 radical (unpaired) electrons. The second kappa shape index (κ2) is 9.93. The summed E-state index contributed by atoms with van der Waals surface area (Å²) >= 11 is 12.8. The first kappa shape index (κ1) is 24.7. The van der Waals surface area contributed by atoms with Crippen molar-refractivity contribution in [3.63, 3.8) is 0 Å². The van der Waals surface area contributed by atoms with Crippen molar-refractivity contribution < 1.29 is 31.5 Å². The number of rotatable bonds is 9. The SMILES string of the molecule is N#Cc1ccc(OP(=O)(O)CNS(=O)(=O)c2cc3c(Cl)c(OCCCl)ccc3s2)cc1F. The van der Waals surface area contributed by atoms with Crippen LogP contribution in [-0.4, -0.2) is 32.1 Å². The number of fused-ring (bicyclic) bond motifs is 1. The number of nitriles is 1. The van der Waals surface area contributed by atoms with Crippen LogP contribution in [0.25, 0.3) is 10.1 Å². The standard InChI is InChI=1S/C18H14Cl2FN2O6PS2/c19-5-6-28-15-3-4-16-13(18(15)20)8-17(31-16)32(26,27)23-10-30(24,25)29-12-2-1-11(9-22)14(21)7-12/h1-4,7-8,23H,5-6,10H2,(H,24,25). The van der Waals surface area contributed by atoms with Gasteiger partial charge in [-0.25, -0.2) is 17.4 Å². The molecule has 170 valence electrons. The number of sulfonamides is 1. The summed E-state index contributed by atoms with van der Waals surface area (Å²) in [4.78, 5) is 9.97. The van der Waals surface area contributed by atoms with Crippen LogP contribution in [0.5, 0.6) is 11.5 Å². The van der Waals surface area contributed by atoms with E-state index in [1.807, 2.05) is 4.72 Å². The molecular formula is C18H14Cl2FN2O6PS2. The first-order valence-corrected chi connectivity index (χ1v) is 13.7. The summed E-state index contributed by atoms with van der Waals surface area (Å²) in [7, 11) is -8.73. The van der Waals surface area contributed by atoms with E-state index in [9.17, 15) is 22.3 Å². The number of alkyl halides is 1. The summed E-state index contributed by atoms with van der Waals surface area (Å²) in [6.45, 7) is 0.221. The lowest BCUT2D eigenvalue weighted by atomic mass is 10.2. The van der Waals surface area contributed by atoms with Crippen molar-refractivity contribution >= 4 is 62.2 Å². The summed E-state index contributed by atoms with van der Waals surface area (Å²) in [5.74, 6) is -0.677. The predicted molar refractivity (Wildman–Crippen MR) is 120 cm³/mol. The normalized spacial score (nSPS) is 13.5. The minimum atomic E-state index is -4.53. The molecule has 2 N–H and O–H groups in total. The highest BCUT2D eigenvalue weighted by Crippen LogP contribution is 2.43. The molecule has 1 aromatic heterocycles. The Morgan fingerprint density at radius 2 is 2.03 bits per heavy atom. The molecule has 8 nitrogen and oxygen atoms in total. The Kier molecular flexibility index (Phi) is 7.68. The lowest BCUT2D eigenvalue weighted by Crippen LogP contribution is -2.25. The van der Waals surface area contributed by atoms with Gasteiger partial charge in [0.25, 0.3) is 10.0 Å². The van der Waals surface area contributed by atoms with Crippen LogP contribution in [0.15, 0.2) is 40.6 Å². The highest BCUT2D eigenvalue weighted by Gasteiger charge is 2.27. The number of nitrogens with zero attached hydrogens (tertiary/aromatic N) is 1. The second-order valence-corrected chi connectivity index (χ2v) is 11.8. The van der Waals surface area contributed by atoms with Gasteiger partial charge in [0.05, 0.1) is 16.5 Å². The van der Waals surface area contributed by atoms with Gasteiger partial charge in [0.1, 0.15) is 40.5 Å². The lowest BCUT2D eigenvalue weighted by Gasteiger charge is -2.14. The molecule has 14 heteroatoms. The van der Waals surface area contributed by atoms with Crippen LogP contribution in [0.3, 0.4) is 0 Å². The van der Waals surface area contributed by atoms with Gasteiger partial charge in [-0.2, -0.15) is 9.98 Å². The highest BCUT2D eigenvalue weighted by molar-refractivity contribution is 7.92. The second-order valence-electron chi connectivity index (χ2n) is 6.18. The first-order chi connectivity index (χ1) is 15.1. The molecule has 1 heterocycles. The number of halogens is 3. The summed E-state index contributed by atoms with van der Waals surface area (Å²) < 4.78 is 63.8. The van der Waals surface area contributed by atoms with Crippen molar-refractivity contribution in [1.29, 1.82) is 5.26 Å². The van der Waals surface area contributed by atoms with Crippen molar-refractivity contribution in [2.45, 2.75) is 4.21 Å². The zero-order valence-corrected chi connectivity index (χ0v) is 20.0. The van der Waals surface area contributed by atoms with E-state index in [4.69, 9.17) is 37.7 Å². The molecule has 3 aromatic rings. The molecule has 0 bridgehead atoms. The average molecular weight is 539 g/mol. The quantitative estimate of drug-likeness (QED) is 0.299. The maximum Gasteiger partial charge on any atom is 0.391 e. The van der Waals surface area contributed by atoms with Crippen molar-refractivity contribution in [2.75, 3.05) is 18.8 Å². The van der Waals surface area contributed by atoms with Crippen molar-refractivity contribution in [2.24, 2.45) is 0 Å². The summed E-state index contributed by atoms with van der Waals surface area (Å²) in [5, 5.41) is 9.36. The van der Waals surface area contributed by atoms with Gasteiger partial charge in [-0.05, 0) is 30.3 Å². The molecule has 0 aliphatic rings. The summed E-state index contributed by atoms with van der Waals surface area (Å²) in [6.07, 6.45) is -0.969. The van der Waals surface area contributed by atoms with Crippen LogP contribution in [-0.2, 0) is 14.6 Å². The van der Waals surface area contributed by atoms with Crippen LogP contribution in [0.4, 0.5) is 4.39 Å². The number of thiophene rings is 1. The number of hydrogen-bond donors (Lipinski definition) is 2. The lowest BCUT2D eigenvalue weighted by molar-refractivity contribution is 0.343. The molecular weight excluding hydrogens is 525 g/mol. The largest absolute Gasteiger partial charge is 0.491 e. The summed E-state index contributed by atoms with van der Waals surface area (Å²) in [6, 6.07) is 9.09. The van der Waals surface area contributed by atoms with Gasteiger partial charge in [0.15, 0.2) is 0 Å². The van der Waals surface area contributed by atoms with E-state index in [-0.39, 0.29) is 33.0 Å². The molecule has 0 amide bonds. The van der Waals surface area contributed by atoms with Gasteiger partial charge in [0.2, 0.25) is 0 Å². The van der Waals surface area contributed by atoms with E-state index in [0.29, 0.717) is 15.8 Å². The van der Waals surface area contributed by atoms with Crippen molar-refractivity contribution in [1.82, 2.24) is 4.72 Å². The van der Waals surface area contributed by atoms with Crippen LogP contribution in [0.1, 0.15) is 5.56 Å². The van der Waals surface area contributed by atoms with E-state index in [1.165, 1.54) is 6.07 Å². The zero-order valence-electron chi connectivity index (χ0n) is 15.9. The third-order valence-electron chi connectivity index (χ3n) is 3.94. The molecule has 0 fully saturated rings. The van der Waals surface area contributed by atoms with Gasteiger partial charge in [0, 0.05) is 16.2 Å². The van der Waals surface area contributed by atoms with Gasteiger partial charge in [-0.15, -0.1) is 22.9 Å². The third kappa shape index (κ3) is 5.71. The van der Waals surface area contributed by atoms with Crippen LogP contribution < -0.4 is 14.0 Å². The highest BCUT2D eigenvalue weighted by atomic mass is 35.5. The Morgan fingerprint density at radius 1 is 1.28 bits per heavy atom. The molecule has 32 heavy (non-hydrogen) atoms. The number of ether oxygens (including phenoxy) is 1. The molecule has 0 aliphatic heterocycles. The van der Waals surface area contributed by atoms with Gasteiger partial charge >= 0.3 is 7.60 Å². The molecule has 2 aromatic carbocycles. The number of hydrogen-bond acceptors (Lipinski definition) is 7. The van der Waals surface area contributed by atoms with Gasteiger partial charge in [-0.3, -0.25) is 0 Å². The Labute approximate surface area is 196 Å². The molecule has 0 saturated carbocycles. The Morgan fingerprint density at radius 3 is 2.69 bits per heavy atom.